The molecule has 2 aromatic heterocycles. The van der Waals surface area contributed by atoms with E-state index in [1.54, 1.807) is 13.1 Å². The third kappa shape index (κ3) is 2.14. The van der Waals surface area contributed by atoms with Crippen LogP contribution in [0.3, 0.4) is 0 Å². The first kappa shape index (κ1) is 12.3. The van der Waals surface area contributed by atoms with E-state index in [9.17, 15) is 9.59 Å². The first-order valence-corrected chi connectivity index (χ1v) is 6.96. The molecule has 0 saturated heterocycles. The molecular weight excluding hydrogens is 304 g/mol. The van der Waals surface area contributed by atoms with Crippen molar-refractivity contribution in [3.05, 3.63) is 33.1 Å². The van der Waals surface area contributed by atoms with E-state index >= 15 is 0 Å². The number of primary amides is 1. The minimum atomic E-state index is -0.488. The van der Waals surface area contributed by atoms with Gasteiger partial charge in [-0.2, -0.15) is 0 Å². The van der Waals surface area contributed by atoms with Crippen LogP contribution in [0.15, 0.2) is 17.1 Å². The number of alkyl halides is 1. The zero-order chi connectivity index (χ0) is 12.6. The third-order valence-electron chi connectivity index (χ3n) is 2.53. The van der Waals surface area contributed by atoms with Crippen LogP contribution in [0, 0.1) is 0 Å². The van der Waals surface area contributed by atoms with Crippen molar-refractivity contribution in [2.45, 2.75) is 6.42 Å². The fourth-order valence-corrected chi connectivity index (χ4v) is 3.20. The van der Waals surface area contributed by atoms with Gasteiger partial charge in [0.15, 0.2) is 0 Å². The number of aromatic nitrogens is 1. The molecule has 0 radical (unpaired) electrons. The molecule has 1 amide bonds. The van der Waals surface area contributed by atoms with E-state index in [1.165, 1.54) is 15.9 Å². The highest BCUT2D eigenvalue weighted by Crippen LogP contribution is 2.26. The lowest BCUT2D eigenvalue weighted by molar-refractivity contribution is 0.100. The van der Waals surface area contributed by atoms with Crippen LogP contribution in [-0.2, 0) is 13.5 Å². The molecule has 0 aliphatic rings. The second kappa shape index (κ2) is 4.62. The number of hydrogen-bond acceptors (Lipinski definition) is 3. The van der Waals surface area contributed by atoms with Crippen LogP contribution in [0.25, 0.3) is 10.1 Å². The van der Waals surface area contributed by atoms with Crippen molar-refractivity contribution in [3.8, 4) is 0 Å². The number of carbonyl (C=O) groups excluding carboxylic acids is 1. The van der Waals surface area contributed by atoms with E-state index in [-0.39, 0.29) is 5.56 Å². The predicted molar refractivity (Wildman–Crippen MR) is 73.1 cm³/mol. The highest BCUT2D eigenvalue weighted by atomic mass is 79.9. The van der Waals surface area contributed by atoms with Crippen LogP contribution in [0.4, 0.5) is 0 Å². The van der Waals surface area contributed by atoms with Gasteiger partial charge in [-0.3, -0.25) is 9.59 Å². The fourth-order valence-electron chi connectivity index (χ4n) is 1.73. The number of rotatable bonds is 3. The Morgan fingerprint density at radius 2 is 2.29 bits per heavy atom. The molecule has 0 bridgehead atoms. The van der Waals surface area contributed by atoms with Gasteiger partial charge in [-0.1, -0.05) is 15.9 Å². The maximum absolute atomic E-state index is 11.9. The maximum atomic E-state index is 11.9. The number of amides is 1. The van der Waals surface area contributed by atoms with E-state index in [1.807, 2.05) is 6.20 Å². The average Bonchev–Trinajstić information content (AvgIpc) is 2.71. The first-order chi connectivity index (χ1) is 8.04. The number of aryl methyl sites for hydroxylation is 2. The number of carbonyl (C=O) groups is 1. The average molecular weight is 315 g/mol. The van der Waals surface area contributed by atoms with Gasteiger partial charge in [0, 0.05) is 23.3 Å². The van der Waals surface area contributed by atoms with Crippen LogP contribution in [0.5, 0.6) is 0 Å². The molecule has 2 rings (SSSR count). The maximum Gasteiger partial charge on any atom is 0.259 e. The number of hydrogen-bond donors (Lipinski definition) is 1. The molecule has 0 aliphatic carbocycles. The largest absolute Gasteiger partial charge is 0.365 e. The quantitative estimate of drug-likeness (QED) is 0.875. The summed E-state index contributed by atoms with van der Waals surface area (Å²) in [6.07, 6.45) is 2.62. The second-order valence-corrected chi connectivity index (χ2v) is 5.57. The van der Waals surface area contributed by atoms with Crippen LogP contribution in [0.1, 0.15) is 15.2 Å². The Morgan fingerprint density at radius 3 is 2.88 bits per heavy atom. The van der Waals surface area contributed by atoms with Gasteiger partial charge in [-0.25, -0.2) is 0 Å². The SMILES string of the molecule is Cn1cc(CCBr)c2sc(C(N)=O)cc2c1=O. The highest BCUT2D eigenvalue weighted by Gasteiger charge is 2.13. The summed E-state index contributed by atoms with van der Waals surface area (Å²) in [4.78, 5) is 23.5. The summed E-state index contributed by atoms with van der Waals surface area (Å²) in [5.74, 6) is -0.488. The van der Waals surface area contributed by atoms with Gasteiger partial charge >= 0.3 is 0 Å². The van der Waals surface area contributed by atoms with Gasteiger partial charge in [0.1, 0.15) is 0 Å². The molecule has 0 spiro atoms. The van der Waals surface area contributed by atoms with Crippen molar-refractivity contribution in [2.75, 3.05) is 5.33 Å². The van der Waals surface area contributed by atoms with Gasteiger partial charge in [0.2, 0.25) is 0 Å². The number of nitrogens with two attached hydrogens (primary N) is 1. The van der Waals surface area contributed by atoms with Gasteiger partial charge in [0.05, 0.1) is 10.3 Å². The molecule has 0 aliphatic heterocycles. The summed E-state index contributed by atoms with van der Waals surface area (Å²) in [6.45, 7) is 0. The number of pyridine rings is 1. The molecule has 0 atom stereocenters. The normalized spacial score (nSPS) is 10.9. The van der Waals surface area contributed by atoms with Crippen molar-refractivity contribution < 1.29 is 4.79 Å². The molecule has 2 N–H and O–H groups in total. The number of fused-ring (bicyclic) bond motifs is 1. The zero-order valence-electron chi connectivity index (χ0n) is 9.20. The van der Waals surface area contributed by atoms with Gasteiger partial charge in [-0.05, 0) is 18.1 Å². The van der Waals surface area contributed by atoms with Crippen molar-refractivity contribution in [1.82, 2.24) is 4.57 Å². The molecular formula is C11H11BrN2O2S. The Morgan fingerprint density at radius 1 is 1.59 bits per heavy atom. The summed E-state index contributed by atoms with van der Waals surface area (Å²) < 4.78 is 2.40. The van der Waals surface area contributed by atoms with Crippen molar-refractivity contribution >= 4 is 43.3 Å². The Labute approximate surface area is 110 Å². The summed E-state index contributed by atoms with van der Waals surface area (Å²) >= 11 is 4.66. The van der Waals surface area contributed by atoms with Crippen LogP contribution >= 0.6 is 27.3 Å². The smallest absolute Gasteiger partial charge is 0.259 e. The molecule has 2 aromatic rings. The zero-order valence-corrected chi connectivity index (χ0v) is 11.6. The minimum absolute atomic E-state index is 0.0953. The molecule has 17 heavy (non-hydrogen) atoms. The van der Waals surface area contributed by atoms with Crippen molar-refractivity contribution in [1.29, 1.82) is 0 Å². The van der Waals surface area contributed by atoms with Crippen LogP contribution in [-0.4, -0.2) is 15.8 Å². The summed E-state index contributed by atoms with van der Waals surface area (Å²) in [7, 11) is 1.71. The molecule has 0 aromatic carbocycles. The molecule has 4 nitrogen and oxygen atoms in total. The van der Waals surface area contributed by atoms with Crippen molar-refractivity contribution in [2.24, 2.45) is 12.8 Å². The lowest BCUT2D eigenvalue weighted by Crippen LogP contribution is -2.16. The van der Waals surface area contributed by atoms with Gasteiger partial charge in [-0.15, -0.1) is 11.3 Å². The van der Waals surface area contributed by atoms with E-state index in [0.29, 0.717) is 10.3 Å². The predicted octanol–water partition coefficient (Wildman–Crippen LogP) is 1.64. The fraction of sp³-hybridized carbons (Fsp3) is 0.273. The van der Waals surface area contributed by atoms with Crippen LogP contribution in [0.2, 0.25) is 0 Å². The number of thiophene rings is 1. The van der Waals surface area contributed by atoms with Gasteiger partial charge < -0.3 is 10.3 Å². The summed E-state index contributed by atoms with van der Waals surface area (Å²) in [6, 6.07) is 1.59. The molecule has 90 valence electrons. The monoisotopic (exact) mass is 314 g/mol. The summed E-state index contributed by atoms with van der Waals surface area (Å²) in [5.41, 5.74) is 6.20. The molecule has 6 heteroatoms. The van der Waals surface area contributed by atoms with E-state index in [4.69, 9.17) is 5.73 Å². The Hall–Kier alpha value is -1.14. The van der Waals surface area contributed by atoms with Gasteiger partial charge in [0.25, 0.3) is 11.5 Å². The Kier molecular flexibility index (Phi) is 3.35. The minimum Gasteiger partial charge on any atom is -0.365 e. The lowest BCUT2D eigenvalue weighted by Gasteiger charge is -2.03. The third-order valence-corrected chi connectivity index (χ3v) is 4.15. The highest BCUT2D eigenvalue weighted by molar-refractivity contribution is 9.09. The first-order valence-electron chi connectivity index (χ1n) is 5.02. The standard InChI is InChI=1S/C11H11BrN2O2S/c1-14-5-6(2-3-12)9-7(11(14)16)4-8(17-9)10(13)15/h4-5H,2-3H2,1H3,(H2,13,15). The molecule has 0 unspecified atom stereocenters. The van der Waals surface area contributed by atoms with E-state index in [2.05, 4.69) is 15.9 Å². The Balaban J connectivity index is 2.79. The lowest BCUT2D eigenvalue weighted by atomic mass is 10.2. The number of nitrogens with zero attached hydrogens (tertiary/aromatic N) is 1. The second-order valence-electron chi connectivity index (χ2n) is 3.73. The van der Waals surface area contributed by atoms with Crippen LogP contribution < -0.4 is 11.3 Å². The van der Waals surface area contributed by atoms with Crippen molar-refractivity contribution in [3.63, 3.8) is 0 Å². The topological polar surface area (TPSA) is 65.1 Å². The van der Waals surface area contributed by atoms with E-state index in [0.717, 1.165) is 22.0 Å². The number of halogens is 1. The van der Waals surface area contributed by atoms with E-state index < -0.39 is 5.91 Å². The molecule has 2 heterocycles. The Bertz CT molecular complexity index is 645. The molecule has 0 saturated carbocycles. The molecule has 0 fully saturated rings. The summed E-state index contributed by atoms with van der Waals surface area (Å²) in [5, 5.41) is 1.38.